The van der Waals surface area contributed by atoms with E-state index < -0.39 is 7.82 Å². The van der Waals surface area contributed by atoms with Crippen LogP contribution >= 0.6 is 7.82 Å². The van der Waals surface area contributed by atoms with Gasteiger partial charge in [-0.25, -0.2) is 0 Å². The summed E-state index contributed by atoms with van der Waals surface area (Å²) in [5, 5.41) is 0. The fraction of sp³-hybridized carbons (Fsp3) is 0. The van der Waals surface area contributed by atoms with E-state index >= 15 is 0 Å². The van der Waals surface area contributed by atoms with E-state index in [2.05, 4.69) is 0 Å². The smallest absolute Gasteiger partial charge is 1.00 e. The van der Waals surface area contributed by atoms with Gasteiger partial charge in [-0.3, -0.25) is 0 Å². The summed E-state index contributed by atoms with van der Waals surface area (Å²) in [4.78, 5) is 25.6. The maximum Gasteiger partial charge on any atom is 1.00 e. The average molecular weight is 281 g/mol. The van der Waals surface area contributed by atoms with Gasteiger partial charge in [0.25, 0.3) is 0 Å². The van der Waals surface area contributed by atoms with Crippen LogP contribution < -0.4 is 187 Å². The summed E-state index contributed by atoms with van der Waals surface area (Å²) < 4.78 is 8.55. The maximum atomic E-state index is 8.55. The second-order valence-corrected chi connectivity index (χ2v) is 1.34. The third-order valence-corrected chi connectivity index (χ3v) is 0. The Morgan fingerprint density at radius 1 is 0.667 bits per heavy atom. The Morgan fingerprint density at radius 2 is 0.667 bits per heavy atom. The summed E-state index contributed by atoms with van der Waals surface area (Å²) in [5.74, 6) is 0. The summed E-state index contributed by atoms with van der Waals surface area (Å²) in [6.45, 7) is 0. The van der Waals surface area contributed by atoms with Crippen molar-refractivity contribution in [2.75, 3.05) is 0 Å². The molecule has 0 atom stereocenters. The molecule has 0 unspecified atom stereocenters. The number of phosphoric acid groups is 1. The van der Waals surface area contributed by atoms with Crippen LogP contribution in [0.25, 0.3) is 0 Å². The normalized spacial score (nSPS) is 4.92. The van der Waals surface area contributed by atoms with Crippen molar-refractivity contribution in [2.45, 2.75) is 0 Å². The second-order valence-electron chi connectivity index (χ2n) is 0.447. The second kappa shape index (κ2) is 30.1. The van der Waals surface area contributed by atoms with Crippen molar-refractivity contribution in [3.63, 3.8) is 0 Å². The molecule has 0 amide bonds. The van der Waals surface area contributed by atoms with Crippen LogP contribution in [0.3, 0.4) is 0 Å². The molecule has 0 aliphatic rings. The summed E-state index contributed by atoms with van der Waals surface area (Å²) in [6.07, 6.45) is 0. The predicted molar refractivity (Wildman–Crippen MR) is 7.61 cm³/mol. The molecule has 48 valence electrons. The molecule has 12 heavy (non-hydrogen) atoms. The minimum absolute atomic E-state index is 0. The van der Waals surface area contributed by atoms with Crippen molar-refractivity contribution in [1.29, 1.82) is 0 Å². The van der Waals surface area contributed by atoms with Crippen LogP contribution in [-0.4, -0.2) is 0 Å². The van der Waals surface area contributed by atoms with Crippen molar-refractivity contribution in [3.05, 3.63) is 0 Å². The molecule has 12 heteroatoms. The maximum absolute atomic E-state index is 8.55. The van der Waals surface area contributed by atoms with Crippen LogP contribution in [0, 0.1) is 0 Å². The van der Waals surface area contributed by atoms with Gasteiger partial charge < -0.3 is 44.1 Å². The third-order valence-electron chi connectivity index (χ3n) is 0. The molecule has 0 aliphatic carbocycles. The molecule has 0 saturated heterocycles. The van der Waals surface area contributed by atoms with Crippen LogP contribution in [0.5, 0.6) is 0 Å². The molecule has 0 radical (unpaired) electrons. The minimum atomic E-state index is -5.39. The molecule has 0 rings (SSSR count). The van der Waals surface area contributed by atoms with E-state index in [9.17, 15) is 0 Å². The molecule has 0 heterocycles. The molecule has 0 aromatic carbocycles. The molecule has 0 fully saturated rings. The van der Waals surface area contributed by atoms with Crippen LogP contribution in [0.15, 0.2) is 0 Å². The molecule has 0 N–H and O–H groups in total. The van der Waals surface area contributed by atoms with Gasteiger partial charge in [-0.2, -0.15) is 7.82 Å². The van der Waals surface area contributed by atoms with Crippen molar-refractivity contribution in [3.8, 4) is 0 Å². The number of halogens is 2. The van der Waals surface area contributed by atoms with Gasteiger partial charge in [0.1, 0.15) is 0 Å². The van der Waals surface area contributed by atoms with Crippen molar-refractivity contribution in [1.82, 2.24) is 0 Å². The van der Waals surface area contributed by atoms with E-state index in [0.29, 0.717) is 0 Å². The van der Waals surface area contributed by atoms with Gasteiger partial charge in [0.05, 0.1) is 0 Å². The van der Waals surface area contributed by atoms with Crippen LogP contribution in [-0.2, 0) is 4.57 Å². The first-order valence-electron chi connectivity index (χ1n) is 0.730. The first-order valence-corrected chi connectivity index (χ1v) is 2.19. The topological polar surface area (TPSA) is 86.2 Å². The van der Waals surface area contributed by atoms with Gasteiger partial charge >= 0.3 is 148 Å². The Kier molecular flexibility index (Phi) is 131. The minimum Gasteiger partial charge on any atom is -1.00 e. The molecule has 4 nitrogen and oxygen atoms in total. The molecular formula is Cl2Na5O4P. The Morgan fingerprint density at radius 3 is 0.667 bits per heavy atom. The first kappa shape index (κ1) is 52.5. The summed E-state index contributed by atoms with van der Waals surface area (Å²) in [5.41, 5.74) is 0. The van der Waals surface area contributed by atoms with Gasteiger partial charge in [-0.15, -0.1) is 0 Å². The Labute approximate surface area is 195 Å². The Hall–Kier alpha value is 5.69. The first-order chi connectivity index (χ1) is 2.00. The SMILES string of the molecule is O=P([O-])([O-])[O-].[Cl-].[Cl-].[Na+].[Na+].[Na+].[Na+].[Na+]. The van der Waals surface area contributed by atoms with E-state index in [-0.39, 0.29) is 173 Å². The molecular weight excluding hydrogens is 281 g/mol. The van der Waals surface area contributed by atoms with Crippen LogP contribution in [0.4, 0.5) is 0 Å². The number of rotatable bonds is 0. The van der Waals surface area contributed by atoms with Crippen LogP contribution in [0.2, 0.25) is 0 Å². The number of hydrogen-bond donors (Lipinski definition) is 0. The Balaban J connectivity index is -0.00000000381. The average Bonchev–Trinajstić information content (AvgIpc) is 0.722. The van der Waals surface area contributed by atoms with Crippen molar-refractivity contribution in [2.24, 2.45) is 0 Å². The van der Waals surface area contributed by atoms with Gasteiger partial charge in [0.15, 0.2) is 0 Å². The van der Waals surface area contributed by atoms with Gasteiger partial charge in [-0.1, -0.05) is 0 Å². The molecule has 0 aliphatic heterocycles. The molecule has 0 spiro atoms. The zero-order valence-corrected chi connectivity index (χ0v) is 20.2. The number of hydrogen-bond acceptors (Lipinski definition) is 4. The molecule has 0 saturated carbocycles. The zero-order valence-electron chi connectivity index (χ0n) is 7.84. The molecule has 0 bridgehead atoms. The predicted octanol–water partition coefficient (Wildman–Crippen LogP) is -23.8. The van der Waals surface area contributed by atoms with Gasteiger partial charge in [0, 0.05) is 0 Å². The Bertz CT molecular complexity index is 67.6. The zero-order chi connectivity index (χ0) is 4.50. The fourth-order valence-electron chi connectivity index (χ4n) is 0. The van der Waals surface area contributed by atoms with E-state index in [1.54, 1.807) is 0 Å². The van der Waals surface area contributed by atoms with Crippen LogP contribution in [0.1, 0.15) is 0 Å². The quantitative estimate of drug-likeness (QED) is 0.326. The summed E-state index contributed by atoms with van der Waals surface area (Å²) >= 11 is 0. The monoisotopic (exact) mass is 280 g/mol. The third kappa shape index (κ3) is 105. The standard InChI is InChI=1S/2ClH.5Na.H3O4P/c;;;;;;;1-5(2,3)4/h2*1H;;;;;;(H3,1,2,3,4)/q;;5*+1;/p-5. The molecule has 0 aromatic heterocycles. The van der Waals surface area contributed by atoms with E-state index in [0.717, 1.165) is 0 Å². The van der Waals surface area contributed by atoms with Crippen molar-refractivity contribution < 1.29 is 192 Å². The van der Waals surface area contributed by atoms with E-state index in [4.69, 9.17) is 19.2 Å². The fourth-order valence-corrected chi connectivity index (χ4v) is 0. The summed E-state index contributed by atoms with van der Waals surface area (Å²) in [6, 6.07) is 0. The van der Waals surface area contributed by atoms with E-state index in [1.165, 1.54) is 0 Å². The van der Waals surface area contributed by atoms with E-state index in [1.807, 2.05) is 0 Å². The largest absolute Gasteiger partial charge is 1.00 e. The molecule has 0 aromatic rings. The summed E-state index contributed by atoms with van der Waals surface area (Å²) in [7, 11) is -5.39. The van der Waals surface area contributed by atoms with Crippen molar-refractivity contribution >= 4 is 7.82 Å². The van der Waals surface area contributed by atoms with Gasteiger partial charge in [0.2, 0.25) is 0 Å². The van der Waals surface area contributed by atoms with Gasteiger partial charge in [-0.05, 0) is 0 Å².